The monoisotopic (exact) mass is 529 g/mol. The fraction of sp³-hybridized carbons (Fsp3) is 0.161. The van der Waals surface area contributed by atoms with Crippen LogP contribution >= 0.6 is 11.6 Å². The Morgan fingerprint density at radius 3 is 2.29 bits per heavy atom. The minimum Gasteiger partial charge on any atom is -0.377 e. The van der Waals surface area contributed by atoms with Crippen molar-refractivity contribution in [2.75, 3.05) is 24.3 Å². The van der Waals surface area contributed by atoms with Crippen molar-refractivity contribution in [3.8, 4) is 0 Å². The van der Waals surface area contributed by atoms with E-state index >= 15 is 0 Å². The van der Waals surface area contributed by atoms with Crippen LogP contribution in [0.5, 0.6) is 0 Å². The average Bonchev–Trinajstić information content (AvgIpc) is 2.89. The SMILES string of the molecule is Cc1cccc(C(=O)N(Cc2ccc(F)cc2)Cc2cc(NC(=O)c3ccccc3Cl)ccc2N(C)C)c1. The Morgan fingerprint density at radius 1 is 0.868 bits per heavy atom. The normalized spacial score (nSPS) is 10.7. The second kappa shape index (κ2) is 11.9. The van der Waals surface area contributed by atoms with Gasteiger partial charge in [-0.05, 0) is 72.6 Å². The Morgan fingerprint density at radius 2 is 1.61 bits per heavy atom. The molecule has 0 heterocycles. The van der Waals surface area contributed by atoms with E-state index in [1.165, 1.54) is 12.1 Å². The molecule has 1 N–H and O–H groups in total. The third-order valence-corrected chi connectivity index (χ3v) is 6.47. The highest BCUT2D eigenvalue weighted by Gasteiger charge is 2.20. The van der Waals surface area contributed by atoms with Crippen LogP contribution in [-0.2, 0) is 13.1 Å². The maximum Gasteiger partial charge on any atom is 0.257 e. The van der Waals surface area contributed by atoms with E-state index in [1.54, 1.807) is 47.4 Å². The number of anilines is 2. The number of rotatable bonds is 8. The van der Waals surface area contributed by atoms with Crippen LogP contribution in [0.2, 0.25) is 5.02 Å². The van der Waals surface area contributed by atoms with E-state index in [9.17, 15) is 14.0 Å². The van der Waals surface area contributed by atoms with Gasteiger partial charge in [-0.3, -0.25) is 9.59 Å². The third kappa shape index (κ3) is 6.58. The topological polar surface area (TPSA) is 52.7 Å². The number of halogens is 2. The van der Waals surface area contributed by atoms with Crippen molar-refractivity contribution < 1.29 is 14.0 Å². The first-order valence-corrected chi connectivity index (χ1v) is 12.6. The third-order valence-electron chi connectivity index (χ3n) is 6.14. The molecule has 0 saturated heterocycles. The van der Waals surface area contributed by atoms with Gasteiger partial charge in [0.1, 0.15) is 5.82 Å². The molecular formula is C31H29ClFN3O2. The van der Waals surface area contributed by atoms with Gasteiger partial charge in [-0.2, -0.15) is 0 Å². The summed E-state index contributed by atoms with van der Waals surface area (Å²) in [7, 11) is 3.85. The minimum atomic E-state index is -0.331. The summed E-state index contributed by atoms with van der Waals surface area (Å²) in [5.41, 5.74) is 5.07. The molecule has 194 valence electrons. The number of carbonyl (C=O) groups excluding carboxylic acids is 2. The smallest absolute Gasteiger partial charge is 0.257 e. The van der Waals surface area contributed by atoms with Gasteiger partial charge in [-0.25, -0.2) is 4.39 Å². The van der Waals surface area contributed by atoms with E-state index in [0.717, 1.165) is 22.4 Å². The highest BCUT2D eigenvalue weighted by molar-refractivity contribution is 6.34. The number of carbonyl (C=O) groups is 2. The largest absolute Gasteiger partial charge is 0.377 e. The van der Waals surface area contributed by atoms with E-state index in [1.807, 2.05) is 62.3 Å². The molecule has 0 bridgehead atoms. The van der Waals surface area contributed by atoms with Gasteiger partial charge in [0.2, 0.25) is 0 Å². The van der Waals surface area contributed by atoms with Gasteiger partial charge >= 0.3 is 0 Å². The van der Waals surface area contributed by atoms with Gasteiger partial charge in [-0.1, -0.05) is 53.6 Å². The average molecular weight is 530 g/mol. The zero-order valence-corrected chi connectivity index (χ0v) is 22.3. The van der Waals surface area contributed by atoms with Gasteiger partial charge in [0.05, 0.1) is 10.6 Å². The van der Waals surface area contributed by atoms with Crippen molar-refractivity contribution in [3.05, 3.63) is 130 Å². The van der Waals surface area contributed by atoms with E-state index in [2.05, 4.69) is 5.32 Å². The Hall–Kier alpha value is -4.16. The number of hydrogen-bond donors (Lipinski definition) is 1. The quantitative estimate of drug-likeness (QED) is 0.269. The van der Waals surface area contributed by atoms with Crippen LogP contribution in [0, 0.1) is 12.7 Å². The maximum atomic E-state index is 13.7. The van der Waals surface area contributed by atoms with Crippen molar-refractivity contribution in [1.29, 1.82) is 0 Å². The van der Waals surface area contributed by atoms with E-state index in [4.69, 9.17) is 11.6 Å². The van der Waals surface area contributed by atoms with Crippen molar-refractivity contribution in [1.82, 2.24) is 4.90 Å². The molecule has 7 heteroatoms. The number of amides is 2. The zero-order chi connectivity index (χ0) is 27.2. The first-order valence-electron chi connectivity index (χ1n) is 12.2. The lowest BCUT2D eigenvalue weighted by atomic mass is 10.1. The van der Waals surface area contributed by atoms with Crippen molar-refractivity contribution in [2.45, 2.75) is 20.0 Å². The molecule has 5 nitrogen and oxygen atoms in total. The molecule has 0 spiro atoms. The van der Waals surface area contributed by atoms with Crippen molar-refractivity contribution in [3.63, 3.8) is 0 Å². The Kier molecular flexibility index (Phi) is 8.44. The predicted octanol–water partition coefficient (Wildman–Crippen LogP) is 6.95. The molecule has 0 atom stereocenters. The molecule has 4 rings (SSSR count). The molecular weight excluding hydrogens is 501 g/mol. The van der Waals surface area contributed by atoms with Crippen LogP contribution in [0.3, 0.4) is 0 Å². The molecule has 0 aromatic heterocycles. The molecule has 0 fully saturated rings. The first-order chi connectivity index (χ1) is 18.2. The number of nitrogens with one attached hydrogen (secondary N) is 1. The molecule has 0 aliphatic heterocycles. The van der Waals surface area contributed by atoms with Crippen LogP contribution in [0.1, 0.15) is 37.4 Å². The summed E-state index contributed by atoms with van der Waals surface area (Å²) in [6.07, 6.45) is 0. The lowest BCUT2D eigenvalue weighted by Gasteiger charge is -2.27. The predicted molar refractivity (Wildman–Crippen MR) is 151 cm³/mol. The van der Waals surface area contributed by atoms with Crippen molar-refractivity contribution >= 4 is 34.8 Å². The molecule has 0 aliphatic rings. The van der Waals surface area contributed by atoms with Gasteiger partial charge in [-0.15, -0.1) is 0 Å². The van der Waals surface area contributed by atoms with Crippen LogP contribution in [0.4, 0.5) is 15.8 Å². The maximum absolute atomic E-state index is 13.7. The molecule has 0 saturated carbocycles. The first kappa shape index (κ1) is 26.9. The molecule has 2 amide bonds. The van der Waals surface area contributed by atoms with Crippen molar-refractivity contribution in [2.24, 2.45) is 0 Å². The summed E-state index contributed by atoms with van der Waals surface area (Å²) in [5.74, 6) is -0.798. The summed E-state index contributed by atoms with van der Waals surface area (Å²) in [4.78, 5) is 30.3. The lowest BCUT2D eigenvalue weighted by Crippen LogP contribution is -2.31. The molecule has 0 aliphatic carbocycles. The Balaban J connectivity index is 1.68. The lowest BCUT2D eigenvalue weighted by molar-refractivity contribution is 0.0730. The fourth-order valence-corrected chi connectivity index (χ4v) is 4.47. The van der Waals surface area contributed by atoms with E-state index < -0.39 is 0 Å². The van der Waals surface area contributed by atoms with Gasteiger partial charge < -0.3 is 15.1 Å². The van der Waals surface area contributed by atoms with Crippen LogP contribution in [0.25, 0.3) is 0 Å². The Bertz CT molecular complexity index is 1450. The summed E-state index contributed by atoms with van der Waals surface area (Å²) in [6, 6.07) is 26.0. The van der Waals surface area contributed by atoms with E-state index in [0.29, 0.717) is 21.8 Å². The fourth-order valence-electron chi connectivity index (χ4n) is 4.25. The minimum absolute atomic E-state index is 0.145. The summed E-state index contributed by atoms with van der Waals surface area (Å²) in [5, 5.41) is 3.28. The summed E-state index contributed by atoms with van der Waals surface area (Å²) in [6.45, 7) is 2.50. The van der Waals surface area contributed by atoms with E-state index in [-0.39, 0.29) is 30.7 Å². The Labute approximate surface area is 227 Å². The number of nitrogens with zero attached hydrogens (tertiary/aromatic N) is 2. The molecule has 4 aromatic carbocycles. The molecule has 38 heavy (non-hydrogen) atoms. The van der Waals surface area contributed by atoms with Crippen LogP contribution < -0.4 is 10.2 Å². The second-order valence-corrected chi connectivity index (χ2v) is 9.74. The molecule has 0 unspecified atom stereocenters. The molecule has 4 aromatic rings. The highest BCUT2D eigenvalue weighted by atomic mass is 35.5. The molecule has 0 radical (unpaired) electrons. The summed E-state index contributed by atoms with van der Waals surface area (Å²) >= 11 is 6.21. The number of aryl methyl sites for hydroxylation is 1. The van der Waals surface area contributed by atoms with Gasteiger partial charge in [0, 0.05) is 44.1 Å². The standard InChI is InChI=1S/C31H29ClFN3O2/c1-21-7-6-8-23(17-21)31(38)36(19-22-11-13-25(33)14-12-22)20-24-18-26(15-16-29(24)35(2)3)34-30(37)27-9-4-5-10-28(27)32/h4-18H,19-20H2,1-3H3,(H,34,37). The highest BCUT2D eigenvalue weighted by Crippen LogP contribution is 2.27. The number of hydrogen-bond acceptors (Lipinski definition) is 3. The van der Waals surface area contributed by atoms with Gasteiger partial charge in [0.25, 0.3) is 11.8 Å². The summed E-state index contributed by atoms with van der Waals surface area (Å²) < 4.78 is 13.5. The zero-order valence-electron chi connectivity index (χ0n) is 21.5. The van der Waals surface area contributed by atoms with Crippen LogP contribution in [-0.4, -0.2) is 30.8 Å². The van der Waals surface area contributed by atoms with Gasteiger partial charge in [0.15, 0.2) is 0 Å². The number of benzene rings is 4. The van der Waals surface area contributed by atoms with Crippen LogP contribution in [0.15, 0.2) is 91.0 Å². The second-order valence-electron chi connectivity index (χ2n) is 9.33.